The highest BCUT2D eigenvalue weighted by Gasteiger charge is 2.28. The largest absolute Gasteiger partial charge is 0.460 e. The summed E-state index contributed by atoms with van der Waals surface area (Å²) in [5, 5.41) is 10.6. The Morgan fingerprint density at radius 3 is 2.72 bits per heavy atom. The molecule has 0 aromatic carbocycles. The quantitative estimate of drug-likeness (QED) is 0.483. The van der Waals surface area contributed by atoms with Gasteiger partial charge in [-0.3, -0.25) is 0 Å². The van der Waals surface area contributed by atoms with E-state index in [1.54, 1.807) is 0 Å². The normalized spacial score (nSPS) is 10.5. The van der Waals surface area contributed by atoms with Gasteiger partial charge in [0.1, 0.15) is 4.47 Å². The van der Waals surface area contributed by atoms with Crippen molar-refractivity contribution in [3.05, 3.63) is 31.9 Å². The van der Waals surface area contributed by atoms with Gasteiger partial charge in [-0.15, -0.1) is 0 Å². The van der Waals surface area contributed by atoms with E-state index < -0.39 is 38.9 Å². The number of nitrogens with zero attached hydrogens (tertiary/aromatic N) is 2. The van der Waals surface area contributed by atoms with Gasteiger partial charge in [-0.25, -0.2) is 13.6 Å². The predicted octanol–water partition coefficient (Wildman–Crippen LogP) is 2.87. The maximum Gasteiger partial charge on any atom is 0.383 e. The van der Waals surface area contributed by atoms with E-state index in [-0.39, 0.29) is 6.61 Å². The van der Waals surface area contributed by atoms with Crippen LogP contribution >= 0.6 is 15.9 Å². The first-order valence-corrected chi connectivity index (χ1v) is 5.47. The minimum atomic E-state index is -2.98. The van der Waals surface area contributed by atoms with E-state index >= 15 is 0 Å². The number of nitro groups is 1. The molecule has 0 fully saturated rings. The van der Waals surface area contributed by atoms with Gasteiger partial charge in [0.2, 0.25) is 0 Å². The van der Waals surface area contributed by atoms with E-state index in [9.17, 15) is 23.7 Å². The van der Waals surface area contributed by atoms with Crippen molar-refractivity contribution in [2.45, 2.75) is 13.3 Å². The van der Waals surface area contributed by atoms with Crippen molar-refractivity contribution in [1.29, 1.82) is 0 Å². The van der Waals surface area contributed by atoms with Gasteiger partial charge in [0.25, 0.3) is 12.1 Å². The van der Waals surface area contributed by atoms with Gasteiger partial charge in [0, 0.05) is 11.6 Å². The topological polar surface area (TPSA) is 82.3 Å². The van der Waals surface area contributed by atoms with Crippen LogP contribution in [0.5, 0.6) is 0 Å². The minimum Gasteiger partial charge on any atom is -0.460 e. The van der Waals surface area contributed by atoms with E-state index in [0.717, 1.165) is 6.07 Å². The minimum absolute atomic E-state index is 0.00832. The lowest BCUT2D eigenvalue weighted by Gasteiger charge is -2.05. The van der Waals surface area contributed by atoms with Crippen LogP contribution in [0, 0.1) is 10.1 Å². The molecule has 0 saturated heterocycles. The molecule has 0 bridgehead atoms. The van der Waals surface area contributed by atoms with Crippen molar-refractivity contribution in [2.24, 2.45) is 0 Å². The number of hydrogen-bond acceptors (Lipinski definition) is 5. The van der Waals surface area contributed by atoms with Gasteiger partial charge in [0.05, 0.1) is 6.61 Å². The van der Waals surface area contributed by atoms with E-state index in [2.05, 4.69) is 25.7 Å². The molecule has 0 amide bonds. The summed E-state index contributed by atoms with van der Waals surface area (Å²) in [6.07, 6.45) is -2.98. The van der Waals surface area contributed by atoms with Gasteiger partial charge >= 0.3 is 11.8 Å². The third kappa shape index (κ3) is 2.97. The van der Waals surface area contributed by atoms with Crippen molar-refractivity contribution in [1.82, 2.24) is 4.98 Å². The molecule has 9 heteroatoms. The number of alkyl halides is 2. The Labute approximate surface area is 108 Å². The molecule has 0 saturated carbocycles. The average molecular weight is 325 g/mol. The van der Waals surface area contributed by atoms with Gasteiger partial charge in [0.15, 0.2) is 0 Å². The Hall–Kier alpha value is -1.64. The van der Waals surface area contributed by atoms with E-state index in [4.69, 9.17) is 0 Å². The first-order valence-electron chi connectivity index (χ1n) is 4.68. The van der Waals surface area contributed by atoms with Crippen molar-refractivity contribution in [3.63, 3.8) is 0 Å². The van der Waals surface area contributed by atoms with E-state index in [1.807, 2.05) is 0 Å². The standard InChI is InChI=1S/C9H7BrF2N2O4/c1-2-18-9(15)5-3-4(7(11)12)6(10)8(13-5)14(16)17/h3,7H,2H2,1H3. The second-order valence-corrected chi connectivity index (χ2v) is 3.81. The number of hydrogen-bond donors (Lipinski definition) is 0. The zero-order valence-electron chi connectivity index (χ0n) is 9.02. The van der Waals surface area contributed by atoms with Crippen LogP contribution in [0.3, 0.4) is 0 Å². The van der Waals surface area contributed by atoms with Crippen molar-refractivity contribution >= 4 is 27.7 Å². The second kappa shape index (κ2) is 5.80. The first kappa shape index (κ1) is 14.4. The zero-order valence-corrected chi connectivity index (χ0v) is 10.6. The average Bonchev–Trinajstić information content (AvgIpc) is 2.28. The number of carbonyl (C=O) groups is 1. The fourth-order valence-corrected chi connectivity index (χ4v) is 1.65. The summed E-state index contributed by atoms with van der Waals surface area (Å²) in [5.41, 5.74) is -1.21. The monoisotopic (exact) mass is 324 g/mol. The van der Waals surface area contributed by atoms with Gasteiger partial charge in [-0.05, 0) is 32.8 Å². The third-order valence-corrected chi connectivity index (χ3v) is 2.67. The van der Waals surface area contributed by atoms with Crippen LogP contribution in [0.1, 0.15) is 29.4 Å². The Balaban J connectivity index is 3.38. The maximum absolute atomic E-state index is 12.7. The summed E-state index contributed by atoms with van der Waals surface area (Å²) >= 11 is 2.67. The summed E-state index contributed by atoms with van der Waals surface area (Å²) in [6, 6.07) is 0.764. The zero-order chi connectivity index (χ0) is 13.9. The highest BCUT2D eigenvalue weighted by atomic mass is 79.9. The van der Waals surface area contributed by atoms with Crippen molar-refractivity contribution in [2.75, 3.05) is 6.61 Å². The molecule has 0 unspecified atom stereocenters. The molecule has 0 spiro atoms. The van der Waals surface area contributed by atoms with Crippen LogP contribution in [0.25, 0.3) is 0 Å². The molecule has 1 aromatic heterocycles. The molecule has 98 valence electrons. The highest BCUT2D eigenvalue weighted by Crippen LogP contribution is 2.33. The number of carbonyl (C=O) groups excluding carboxylic acids is 1. The van der Waals surface area contributed by atoms with Crippen LogP contribution in [-0.4, -0.2) is 22.5 Å². The lowest BCUT2D eigenvalue weighted by molar-refractivity contribution is -0.390. The first-order chi connectivity index (χ1) is 8.38. The van der Waals surface area contributed by atoms with Crippen LogP contribution in [0.15, 0.2) is 10.5 Å². The molecule has 0 aliphatic carbocycles. The fraction of sp³-hybridized carbons (Fsp3) is 0.333. The number of aromatic nitrogens is 1. The summed E-state index contributed by atoms with van der Waals surface area (Å²) in [4.78, 5) is 24.4. The molecule has 0 atom stereocenters. The van der Waals surface area contributed by atoms with Crippen LogP contribution in [-0.2, 0) is 4.74 Å². The molecule has 0 N–H and O–H groups in total. The molecule has 1 aromatic rings. The number of halogens is 3. The van der Waals surface area contributed by atoms with Gasteiger partial charge < -0.3 is 14.9 Å². The molecule has 0 aliphatic rings. The van der Waals surface area contributed by atoms with Crippen molar-refractivity contribution < 1.29 is 23.2 Å². The van der Waals surface area contributed by atoms with Gasteiger partial charge in [-0.2, -0.15) is 0 Å². The molecule has 0 aliphatic heterocycles. The lowest BCUT2D eigenvalue weighted by atomic mass is 10.2. The summed E-state index contributed by atoms with van der Waals surface area (Å²) in [7, 11) is 0. The Morgan fingerprint density at radius 1 is 1.67 bits per heavy atom. The Morgan fingerprint density at radius 2 is 2.28 bits per heavy atom. The smallest absolute Gasteiger partial charge is 0.383 e. The highest BCUT2D eigenvalue weighted by molar-refractivity contribution is 9.10. The van der Waals surface area contributed by atoms with E-state index in [1.165, 1.54) is 6.92 Å². The second-order valence-electron chi connectivity index (χ2n) is 3.01. The van der Waals surface area contributed by atoms with E-state index in [0.29, 0.717) is 0 Å². The number of rotatable bonds is 4. The molecule has 6 nitrogen and oxygen atoms in total. The summed E-state index contributed by atoms with van der Waals surface area (Å²) < 4.78 is 29.4. The maximum atomic E-state index is 12.7. The number of pyridine rings is 1. The molecular formula is C9H7BrF2N2O4. The number of esters is 1. The molecule has 18 heavy (non-hydrogen) atoms. The molecule has 0 radical (unpaired) electrons. The van der Waals surface area contributed by atoms with Gasteiger partial charge in [-0.1, -0.05) is 0 Å². The predicted molar refractivity (Wildman–Crippen MR) is 59.5 cm³/mol. The third-order valence-electron chi connectivity index (χ3n) is 1.86. The van der Waals surface area contributed by atoms with Crippen LogP contribution in [0.4, 0.5) is 14.6 Å². The molecule has 1 heterocycles. The Bertz CT molecular complexity index is 496. The molecular weight excluding hydrogens is 318 g/mol. The Kier molecular flexibility index (Phi) is 4.65. The summed E-state index contributed by atoms with van der Waals surface area (Å²) in [6.45, 7) is 1.52. The summed E-state index contributed by atoms with van der Waals surface area (Å²) in [5.74, 6) is -1.84. The lowest BCUT2D eigenvalue weighted by Crippen LogP contribution is -2.10. The molecule has 1 rings (SSSR count). The van der Waals surface area contributed by atoms with Crippen LogP contribution < -0.4 is 0 Å². The SMILES string of the molecule is CCOC(=O)c1cc(C(F)F)c(Br)c([N+](=O)[O-])n1. The fourth-order valence-electron chi connectivity index (χ4n) is 1.12. The number of ether oxygens (including phenoxy) is 1. The van der Waals surface area contributed by atoms with Crippen LogP contribution in [0.2, 0.25) is 0 Å². The van der Waals surface area contributed by atoms with Crippen molar-refractivity contribution in [3.8, 4) is 0 Å².